The predicted molar refractivity (Wildman–Crippen MR) is 84.4 cm³/mol. The number of nitrogens with zero attached hydrogens (tertiary/aromatic N) is 3. The van der Waals surface area contributed by atoms with Gasteiger partial charge in [-0.15, -0.1) is 0 Å². The van der Waals surface area contributed by atoms with Crippen molar-refractivity contribution in [1.82, 2.24) is 9.97 Å². The van der Waals surface area contributed by atoms with Gasteiger partial charge in [0, 0.05) is 22.9 Å². The molecule has 1 N–H and O–H groups in total. The maximum Gasteiger partial charge on any atom is 0.308 e. The van der Waals surface area contributed by atoms with E-state index >= 15 is 0 Å². The molecule has 2 heterocycles. The van der Waals surface area contributed by atoms with Crippen LogP contribution in [0.5, 0.6) is 0 Å². The second-order valence-corrected chi connectivity index (χ2v) is 6.56. The zero-order valence-electron chi connectivity index (χ0n) is 11.7. The molecule has 0 spiro atoms. The summed E-state index contributed by atoms with van der Waals surface area (Å²) in [6.45, 7) is 3.41. The van der Waals surface area contributed by atoms with Gasteiger partial charge in [0.15, 0.2) is 0 Å². The lowest BCUT2D eigenvalue weighted by Crippen LogP contribution is -2.43. The van der Waals surface area contributed by atoms with Gasteiger partial charge in [-0.2, -0.15) is 0 Å². The van der Waals surface area contributed by atoms with Crippen molar-refractivity contribution in [3.63, 3.8) is 0 Å². The Morgan fingerprint density at radius 1 is 1.38 bits per heavy atom. The summed E-state index contributed by atoms with van der Waals surface area (Å²) in [6, 6.07) is 5.88. The SMILES string of the molecule is CC1CC(C(=O)O)CN(c2ncnc3cc(Br)ccc23)C1. The summed E-state index contributed by atoms with van der Waals surface area (Å²) >= 11 is 3.44. The Bertz CT molecular complexity index is 692. The smallest absolute Gasteiger partial charge is 0.308 e. The molecule has 0 aliphatic carbocycles. The molecule has 2 aromatic rings. The Kier molecular flexibility index (Phi) is 3.80. The summed E-state index contributed by atoms with van der Waals surface area (Å²) in [7, 11) is 0. The highest BCUT2D eigenvalue weighted by Crippen LogP contribution is 2.30. The number of hydrogen-bond acceptors (Lipinski definition) is 4. The third-order valence-corrected chi connectivity index (χ3v) is 4.38. The molecule has 1 aromatic carbocycles. The van der Waals surface area contributed by atoms with Crippen LogP contribution in [0.2, 0.25) is 0 Å². The van der Waals surface area contributed by atoms with Crippen LogP contribution in [0.3, 0.4) is 0 Å². The molecule has 0 bridgehead atoms. The summed E-state index contributed by atoms with van der Waals surface area (Å²) in [6.07, 6.45) is 2.26. The van der Waals surface area contributed by atoms with Gasteiger partial charge < -0.3 is 10.0 Å². The molecule has 2 atom stereocenters. The Morgan fingerprint density at radius 3 is 2.95 bits per heavy atom. The van der Waals surface area contributed by atoms with Crippen molar-refractivity contribution >= 4 is 38.6 Å². The van der Waals surface area contributed by atoms with Crippen molar-refractivity contribution < 1.29 is 9.90 Å². The second-order valence-electron chi connectivity index (χ2n) is 5.64. The number of carboxylic acid groups (broad SMARTS) is 1. The van der Waals surface area contributed by atoms with Gasteiger partial charge in [-0.05, 0) is 30.5 Å². The van der Waals surface area contributed by atoms with Crippen LogP contribution >= 0.6 is 15.9 Å². The molecule has 6 heteroatoms. The van der Waals surface area contributed by atoms with E-state index in [9.17, 15) is 9.90 Å². The lowest BCUT2D eigenvalue weighted by molar-refractivity contribution is -0.142. The molecular weight excluding hydrogens is 334 g/mol. The monoisotopic (exact) mass is 349 g/mol. The zero-order chi connectivity index (χ0) is 15.0. The van der Waals surface area contributed by atoms with E-state index in [1.54, 1.807) is 6.33 Å². The number of benzene rings is 1. The van der Waals surface area contributed by atoms with Crippen LogP contribution in [0.25, 0.3) is 10.9 Å². The molecule has 0 saturated carbocycles. The molecule has 110 valence electrons. The quantitative estimate of drug-likeness (QED) is 0.902. The van der Waals surface area contributed by atoms with Crippen molar-refractivity contribution in [3.05, 3.63) is 29.0 Å². The van der Waals surface area contributed by atoms with Crippen LogP contribution in [0.15, 0.2) is 29.0 Å². The van der Waals surface area contributed by atoms with Gasteiger partial charge in [0.2, 0.25) is 0 Å². The van der Waals surface area contributed by atoms with Gasteiger partial charge in [-0.25, -0.2) is 9.97 Å². The van der Waals surface area contributed by atoms with Gasteiger partial charge in [-0.3, -0.25) is 4.79 Å². The number of piperidine rings is 1. The minimum absolute atomic E-state index is 0.334. The van der Waals surface area contributed by atoms with E-state index in [-0.39, 0.29) is 5.92 Å². The molecule has 2 unspecified atom stereocenters. The molecule has 0 radical (unpaired) electrons. The van der Waals surface area contributed by atoms with E-state index in [4.69, 9.17) is 0 Å². The first-order valence-corrected chi connectivity index (χ1v) is 7.72. The summed E-state index contributed by atoms with van der Waals surface area (Å²) in [5.41, 5.74) is 0.861. The van der Waals surface area contributed by atoms with E-state index in [0.29, 0.717) is 12.5 Å². The van der Waals surface area contributed by atoms with Crippen LogP contribution in [0, 0.1) is 11.8 Å². The largest absolute Gasteiger partial charge is 0.481 e. The first kappa shape index (κ1) is 14.3. The van der Waals surface area contributed by atoms with E-state index < -0.39 is 5.97 Å². The number of fused-ring (bicyclic) bond motifs is 1. The standard InChI is InChI=1S/C15H16BrN3O2/c1-9-4-10(15(20)21)7-19(6-9)14-12-3-2-11(16)5-13(12)17-8-18-14/h2-3,5,8-10H,4,6-7H2,1H3,(H,20,21). The first-order chi connectivity index (χ1) is 10.0. The number of hydrogen-bond donors (Lipinski definition) is 1. The first-order valence-electron chi connectivity index (χ1n) is 6.92. The van der Waals surface area contributed by atoms with Crippen molar-refractivity contribution in [1.29, 1.82) is 0 Å². The van der Waals surface area contributed by atoms with Gasteiger partial charge >= 0.3 is 5.97 Å². The predicted octanol–water partition coefficient (Wildman–Crippen LogP) is 2.94. The normalized spacial score (nSPS) is 22.5. The molecule has 0 amide bonds. The topological polar surface area (TPSA) is 66.3 Å². The van der Waals surface area contributed by atoms with Crippen molar-refractivity contribution in [2.75, 3.05) is 18.0 Å². The Hall–Kier alpha value is -1.69. The molecule has 1 aromatic heterocycles. The summed E-state index contributed by atoms with van der Waals surface area (Å²) in [4.78, 5) is 22.1. The maximum atomic E-state index is 11.3. The highest BCUT2D eigenvalue weighted by molar-refractivity contribution is 9.10. The van der Waals surface area contributed by atoms with Crippen LogP contribution in [-0.4, -0.2) is 34.1 Å². The van der Waals surface area contributed by atoms with Crippen molar-refractivity contribution in [2.45, 2.75) is 13.3 Å². The summed E-state index contributed by atoms with van der Waals surface area (Å²) in [5.74, 6) is 0.0903. The fraction of sp³-hybridized carbons (Fsp3) is 0.400. The average molecular weight is 350 g/mol. The van der Waals surface area contributed by atoms with E-state index in [1.807, 2.05) is 18.2 Å². The fourth-order valence-electron chi connectivity index (χ4n) is 2.97. The third kappa shape index (κ3) is 2.85. The number of aliphatic carboxylic acids is 1. The van der Waals surface area contributed by atoms with Gasteiger partial charge in [-0.1, -0.05) is 22.9 Å². The van der Waals surface area contributed by atoms with Gasteiger partial charge in [0.1, 0.15) is 12.1 Å². The molecule has 1 aliphatic rings. The summed E-state index contributed by atoms with van der Waals surface area (Å²) < 4.78 is 0.968. The molecular formula is C15H16BrN3O2. The highest BCUT2D eigenvalue weighted by Gasteiger charge is 2.30. The minimum atomic E-state index is -0.729. The van der Waals surface area contributed by atoms with Crippen LogP contribution in [-0.2, 0) is 4.79 Å². The van der Waals surface area contributed by atoms with Gasteiger partial charge in [0.05, 0.1) is 11.4 Å². The highest BCUT2D eigenvalue weighted by atomic mass is 79.9. The second kappa shape index (κ2) is 5.60. The van der Waals surface area contributed by atoms with E-state index in [1.165, 1.54) is 0 Å². The van der Waals surface area contributed by atoms with E-state index in [0.717, 1.165) is 34.2 Å². The Labute approximate surface area is 131 Å². The third-order valence-electron chi connectivity index (χ3n) is 3.89. The van der Waals surface area contributed by atoms with Crippen molar-refractivity contribution in [3.8, 4) is 0 Å². The average Bonchev–Trinajstić information content (AvgIpc) is 2.45. The molecule has 1 aliphatic heterocycles. The molecule has 3 rings (SSSR count). The Morgan fingerprint density at radius 2 is 2.19 bits per heavy atom. The molecule has 5 nitrogen and oxygen atoms in total. The van der Waals surface area contributed by atoms with Crippen LogP contribution in [0.4, 0.5) is 5.82 Å². The number of carboxylic acids is 1. The molecule has 1 saturated heterocycles. The van der Waals surface area contributed by atoms with Crippen molar-refractivity contribution in [2.24, 2.45) is 11.8 Å². The fourth-order valence-corrected chi connectivity index (χ4v) is 3.32. The number of rotatable bonds is 2. The molecule has 1 fully saturated rings. The number of halogens is 1. The lowest BCUT2D eigenvalue weighted by atomic mass is 9.90. The van der Waals surface area contributed by atoms with Gasteiger partial charge in [0.25, 0.3) is 0 Å². The number of anilines is 1. The zero-order valence-corrected chi connectivity index (χ0v) is 13.2. The number of aromatic nitrogens is 2. The maximum absolute atomic E-state index is 11.3. The lowest BCUT2D eigenvalue weighted by Gasteiger charge is -2.35. The van der Waals surface area contributed by atoms with E-state index in [2.05, 4.69) is 37.7 Å². The van der Waals surface area contributed by atoms with Crippen LogP contribution < -0.4 is 4.90 Å². The molecule has 21 heavy (non-hydrogen) atoms. The summed E-state index contributed by atoms with van der Waals surface area (Å²) in [5, 5.41) is 10.3. The van der Waals surface area contributed by atoms with Crippen LogP contribution in [0.1, 0.15) is 13.3 Å². The Balaban J connectivity index is 2.01. The minimum Gasteiger partial charge on any atom is -0.481 e. The number of carbonyl (C=O) groups is 1.